The van der Waals surface area contributed by atoms with Gasteiger partial charge in [-0.25, -0.2) is 0 Å². The van der Waals surface area contributed by atoms with Crippen molar-refractivity contribution in [3.63, 3.8) is 0 Å². The molecule has 1 aromatic carbocycles. The molecule has 0 aromatic heterocycles. The summed E-state index contributed by atoms with van der Waals surface area (Å²) >= 11 is 0. The number of ether oxygens (including phenoxy) is 1. The number of carbonyl (C=O) groups excluding carboxylic acids is 1. The monoisotopic (exact) mass is 276 g/mol. The van der Waals surface area contributed by atoms with E-state index < -0.39 is 0 Å². The van der Waals surface area contributed by atoms with Crippen LogP contribution in [0.5, 0.6) is 5.75 Å². The highest BCUT2D eigenvalue weighted by atomic mass is 16.5. The second-order valence-electron chi connectivity index (χ2n) is 5.22. The molecule has 0 atom stereocenters. The fourth-order valence-electron chi connectivity index (χ4n) is 1.88. The smallest absolute Gasteiger partial charge is 0.257 e. The fraction of sp³-hybridized carbons (Fsp3) is 0.467. The molecule has 0 bridgehead atoms. The lowest BCUT2D eigenvalue weighted by Crippen LogP contribution is -2.30. The summed E-state index contributed by atoms with van der Waals surface area (Å²) in [6.45, 7) is 4.34. The molecule has 1 amide bonds. The van der Waals surface area contributed by atoms with Crippen LogP contribution in [0.3, 0.4) is 0 Å². The second kappa shape index (κ2) is 6.41. The maximum Gasteiger partial charge on any atom is 0.257 e. The maximum absolute atomic E-state index is 11.7. The topological polar surface area (TPSA) is 70.9 Å². The van der Waals surface area contributed by atoms with Crippen molar-refractivity contribution in [2.45, 2.75) is 26.7 Å². The van der Waals surface area contributed by atoms with Gasteiger partial charge in [0, 0.05) is 12.1 Å². The van der Waals surface area contributed by atoms with E-state index in [1.165, 1.54) is 12.8 Å². The molecule has 0 spiro atoms. The molecule has 108 valence electrons. The van der Waals surface area contributed by atoms with Crippen LogP contribution in [-0.4, -0.2) is 30.0 Å². The highest BCUT2D eigenvalue weighted by molar-refractivity contribution is 6.00. The normalized spacial score (nSPS) is 15.0. The summed E-state index contributed by atoms with van der Waals surface area (Å²) in [7, 11) is 0. The zero-order chi connectivity index (χ0) is 14.5. The summed E-state index contributed by atoms with van der Waals surface area (Å²) < 4.78 is 5.55. The van der Waals surface area contributed by atoms with Crippen molar-refractivity contribution in [2.75, 3.05) is 13.2 Å². The minimum Gasteiger partial charge on any atom is -0.483 e. The first-order valence-electron chi connectivity index (χ1n) is 6.79. The Balaban J connectivity index is 1.96. The zero-order valence-corrected chi connectivity index (χ0v) is 11.8. The van der Waals surface area contributed by atoms with Crippen LogP contribution in [0.15, 0.2) is 23.4 Å². The van der Waals surface area contributed by atoms with Gasteiger partial charge >= 0.3 is 0 Å². The second-order valence-corrected chi connectivity index (χ2v) is 5.22. The van der Waals surface area contributed by atoms with Crippen molar-refractivity contribution in [2.24, 2.45) is 11.1 Å². The Bertz CT molecular complexity index is 522. The minimum atomic E-state index is -0.122. The van der Waals surface area contributed by atoms with E-state index in [-0.39, 0.29) is 12.5 Å². The highest BCUT2D eigenvalue weighted by Gasteiger charge is 2.21. The molecule has 5 nitrogen and oxygen atoms in total. The lowest BCUT2D eigenvalue weighted by Gasteiger charge is -2.11. The van der Waals surface area contributed by atoms with Crippen LogP contribution < -0.4 is 10.1 Å². The largest absolute Gasteiger partial charge is 0.483 e. The number of rotatable bonds is 6. The van der Waals surface area contributed by atoms with Gasteiger partial charge in [-0.15, -0.1) is 0 Å². The van der Waals surface area contributed by atoms with Crippen LogP contribution in [0.2, 0.25) is 0 Å². The first-order valence-corrected chi connectivity index (χ1v) is 6.79. The summed E-state index contributed by atoms with van der Waals surface area (Å²) in [5, 5.41) is 14.9. The van der Waals surface area contributed by atoms with Gasteiger partial charge in [-0.1, -0.05) is 11.2 Å². The predicted molar refractivity (Wildman–Crippen MR) is 76.4 cm³/mol. The molecule has 0 unspecified atom stereocenters. The van der Waals surface area contributed by atoms with E-state index >= 15 is 0 Å². The minimum absolute atomic E-state index is 0.0259. The Kier molecular flexibility index (Phi) is 4.61. The van der Waals surface area contributed by atoms with Gasteiger partial charge in [0.2, 0.25) is 0 Å². The molecule has 1 aliphatic rings. The van der Waals surface area contributed by atoms with Gasteiger partial charge in [0.25, 0.3) is 5.91 Å². The van der Waals surface area contributed by atoms with Crippen LogP contribution in [0.25, 0.3) is 0 Å². The number of nitrogens with one attached hydrogen (secondary N) is 1. The van der Waals surface area contributed by atoms with E-state index in [9.17, 15) is 4.79 Å². The first kappa shape index (κ1) is 14.4. The summed E-state index contributed by atoms with van der Waals surface area (Å²) in [6, 6.07) is 5.56. The Hall–Kier alpha value is -2.04. The predicted octanol–water partition coefficient (Wildman–Crippen LogP) is 2.10. The van der Waals surface area contributed by atoms with Gasteiger partial charge in [0.05, 0.1) is 5.71 Å². The number of aryl methyl sites for hydroxylation is 1. The average molecular weight is 276 g/mol. The molecule has 0 radical (unpaired) electrons. The highest BCUT2D eigenvalue weighted by Crippen LogP contribution is 2.27. The van der Waals surface area contributed by atoms with Crippen LogP contribution in [0.1, 0.15) is 30.9 Å². The summed E-state index contributed by atoms with van der Waals surface area (Å²) in [4.78, 5) is 11.7. The molecule has 5 heteroatoms. The van der Waals surface area contributed by atoms with Crippen molar-refractivity contribution in [1.29, 1.82) is 0 Å². The van der Waals surface area contributed by atoms with E-state index in [1.54, 1.807) is 6.92 Å². The number of oxime groups is 1. The Labute approximate surface area is 118 Å². The van der Waals surface area contributed by atoms with Crippen LogP contribution >= 0.6 is 0 Å². The number of carbonyl (C=O) groups is 1. The average Bonchev–Trinajstić information content (AvgIpc) is 3.26. The van der Waals surface area contributed by atoms with E-state index in [4.69, 9.17) is 9.94 Å². The SMILES string of the molecule is CC(=NO)c1ccc(C)cc1OCC(=O)NCC1CC1. The van der Waals surface area contributed by atoms with Gasteiger partial charge in [-0.2, -0.15) is 0 Å². The third kappa shape index (κ3) is 3.98. The molecule has 1 saturated carbocycles. The van der Waals surface area contributed by atoms with Gasteiger partial charge in [0.1, 0.15) is 5.75 Å². The molecule has 2 N–H and O–H groups in total. The van der Waals surface area contributed by atoms with Gasteiger partial charge < -0.3 is 15.3 Å². The first-order chi connectivity index (χ1) is 9.60. The van der Waals surface area contributed by atoms with Crippen LogP contribution in [0, 0.1) is 12.8 Å². The lowest BCUT2D eigenvalue weighted by atomic mass is 10.1. The molecule has 0 heterocycles. The number of hydrogen-bond acceptors (Lipinski definition) is 4. The summed E-state index contributed by atoms with van der Waals surface area (Å²) in [5.74, 6) is 1.09. The van der Waals surface area contributed by atoms with Crippen molar-refractivity contribution in [3.05, 3.63) is 29.3 Å². The van der Waals surface area contributed by atoms with Gasteiger partial charge in [0.15, 0.2) is 6.61 Å². The van der Waals surface area contributed by atoms with E-state index in [1.807, 2.05) is 25.1 Å². The van der Waals surface area contributed by atoms with Gasteiger partial charge in [-0.05, 0) is 50.3 Å². The van der Waals surface area contributed by atoms with Crippen LogP contribution in [-0.2, 0) is 4.79 Å². The summed E-state index contributed by atoms with van der Waals surface area (Å²) in [5.41, 5.74) is 2.17. The molecular formula is C15H20N2O3. The maximum atomic E-state index is 11.7. The van der Waals surface area contributed by atoms with Crippen molar-refractivity contribution in [1.82, 2.24) is 5.32 Å². The Morgan fingerprint density at radius 3 is 2.90 bits per heavy atom. The fourth-order valence-corrected chi connectivity index (χ4v) is 1.88. The van der Waals surface area contributed by atoms with Crippen LogP contribution in [0.4, 0.5) is 0 Å². The van der Waals surface area contributed by atoms with Crippen molar-refractivity contribution < 1.29 is 14.7 Å². The van der Waals surface area contributed by atoms with Gasteiger partial charge in [-0.3, -0.25) is 4.79 Å². The Morgan fingerprint density at radius 2 is 2.25 bits per heavy atom. The third-order valence-corrected chi connectivity index (χ3v) is 3.32. The number of amides is 1. The molecule has 2 rings (SSSR count). The van der Waals surface area contributed by atoms with E-state index in [0.717, 1.165) is 12.1 Å². The number of nitrogens with zero attached hydrogens (tertiary/aromatic N) is 1. The molecule has 1 aliphatic carbocycles. The quantitative estimate of drug-likeness (QED) is 0.475. The van der Waals surface area contributed by atoms with Crippen molar-refractivity contribution in [3.8, 4) is 5.75 Å². The molecule has 1 aromatic rings. The Morgan fingerprint density at radius 1 is 1.50 bits per heavy atom. The molecule has 20 heavy (non-hydrogen) atoms. The standard InChI is InChI=1S/C15H20N2O3/c1-10-3-6-13(11(2)17-19)14(7-10)20-9-15(18)16-8-12-4-5-12/h3,6-7,12,19H,4-5,8-9H2,1-2H3,(H,16,18). The number of benzene rings is 1. The van der Waals surface area contributed by atoms with Crippen molar-refractivity contribution >= 4 is 11.6 Å². The molecule has 1 fully saturated rings. The molecular weight excluding hydrogens is 256 g/mol. The molecule has 0 aliphatic heterocycles. The molecule has 0 saturated heterocycles. The van der Waals surface area contributed by atoms with E-state index in [0.29, 0.717) is 22.9 Å². The summed E-state index contributed by atoms with van der Waals surface area (Å²) in [6.07, 6.45) is 2.41. The van der Waals surface area contributed by atoms with E-state index in [2.05, 4.69) is 10.5 Å². The number of hydrogen-bond donors (Lipinski definition) is 2. The third-order valence-electron chi connectivity index (χ3n) is 3.32. The lowest BCUT2D eigenvalue weighted by molar-refractivity contribution is -0.123. The zero-order valence-electron chi connectivity index (χ0n) is 11.8.